The van der Waals surface area contributed by atoms with Gasteiger partial charge < -0.3 is 10.6 Å². The minimum absolute atomic E-state index is 0.0577. The Morgan fingerprint density at radius 3 is 2.11 bits per heavy atom. The summed E-state index contributed by atoms with van der Waals surface area (Å²) < 4.78 is 0. The van der Waals surface area contributed by atoms with Crippen LogP contribution >= 0.6 is 11.6 Å². The summed E-state index contributed by atoms with van der Waals surface area (Å²) >= 11 is 5.95. The smallest absolute Gasteiger partial charge is 0.299 e. The molecule has 0 aromatic heterocycles. The third kappa shape index (κ3) is 4.18. The molecule has 3 aromatic rings. The molecule has 0 atom stereocenters. The highest BCUT2D eigenvalue weighted by Crippen LogP contribution is 2.39. The van der Waals surface area contributed by atoms with E-state index < -0.39 is 21.2 Å². The van der Waals surface area contributed by atoms with Crippen LogP contribution in [0.4, 0.5) is 34.1 Å². The van der Waals surface area contributed by atoms with Crippen LogP contribution in [0.1, 0.15) is 5.56 Å². The van der Waals surface area contributed by atoms with Gasteiger partial charge in [0, 0.05) is 5.69 Å². The van der Waals surface area contributed by atoms with Gasteiger partial charge in [-0.3, -0.25) is 20.2 Å². The van der Waals surface area contributed by atoms with Crippen LogP contribution in [0.25, 0.3) is 0 Å². The third-order valence-corrected chi connectivity index (χ3v) is 4.26. The Balaban J connectivity index is 2.04. The van der Waals surface area contributed by atoms with Crippen molar-refractivity contribution in [2.24, 2.45) is 0 Å². The van der Waals surface area contributed by atoms with Crippen molar-refractivity contribution < 1.29 is 9.85 Å². The Morgan fingerprint density at radius 2 is 1.46 bits per heavy atom. The summed E-state index contributed by atoms with van der Waals surface area (Å²) in [5.74, 6) is 0. The minimum Gasteiger partial charge on any atom is -0.354 e. The number of aryl methyl sites for hydroxylation is 1. The summed E-state index contributed by atoms with van der Waals surface area (Å²) in [6.45, 7) is 1.88. The monoisotopic (exact) mass is 398 g/mol. The first-order valence-electron chi connectivity index (χ1n) is 8.17. The van der Waals surface area contributed by atoms with E-state index in [1.54, 1.807) is 0 Å². The van der Waals surface area contributed by atoms with Crippen molar-refractivity contribution in [3.05, 3.63) is 91.5 Å². The number of nitro benzene ring substituents is 2. The Morgan fingerprint density at radius 1 is 0.786 bits per heavy atom. The van der Waals surface area contributed by atoms with E-state index in [-0.39, 0.29) is 10.7 Å². The summed E-state index contributed by atoms with van der Waals surface area (Å²) in [4.78, 5) is 21.0. The fourth-order valence-corrected chi connectivity index (χ4v) is 2.87. The maximum absolute atomic E-state index is 11.4. The molecule has 0 spiro atoms. The fraction of sp³-hybridized carbons (Fsp3) is 0.0526. The summed E-state index contributed by atoms with van der Waals surface area (Å²) in [5, 5.41) is 28.5. The van der Waals surface area contributed by atoms with Crippen LogP contribution in [0.15, 0.2) is 60.7 Å². The molecule has 0 radical (unpaired) electrons. The zero-order valence-corrected chi connectivity index (χ0v) is 15.4. The number of nitrogens with one attached hydrogen (secondary N) is 2. The van der Waals surface area contributed by atoms with Crippen molar-refractivity contribution in [1.29, 1.82) is 0 Å². The highest BCUT2D eigenvalue weighted by atomic mass is 35.5. The molecule has 8 nitrogen and oxygen atoms in total. The fourth-order valence-electron chi connectivity index (χ4n) is 2.63. The Labute approximate surface area is 165 Å². The van der Waals surface area contributed by atoms with Crippen LogP contribution < -0.4 is 10.6 Å². The van der Waals surface area contributed by atoms with E-state index >= 15 is 0 Å². The number of hydrogen-bond donors (Lipinski definition) is 2. The van der Waals surface area contributed by atoms with Crippen LogP contribution in [0.5, 0.6) is 0 Å². The van der Waals surface area contributed by atoms with Crippen LogP contribution in [-0.2, 0) is 0 Å². The summed E-state index contributed by atoms with van der Waals surface area (Å²) in [5.41, 5.74) is 2.11. The number of halogens is 1. The molecule has 3 rings (SSSR count). The van der Waals surface area contributed by atoms with Gasteiger partial charge in [0.25, 0.3) is 11.4 Å². The van der Waals surface area contributed by atoms with Gasteiger partial charge in [-0.05, 0) is 42.8 Å². The molecule has 2 N–H and O–H groups in total. The van der Waals surface area contributed by atoms with Gasteiger partial charge in [0.1, 0.15) is 10.7 Å². The minimum atomic E-state index is -0.756. The van der Waals surface area contributed by atoms with Gasteiger partial charge in [-0.15, -0.1) is 0 Å². The summed E-state index contributed by atoms with van der Waals surface area (Å²) in [7, 11) is 0. The standard InChI is InChI=1S/C19H15ClN4O4/c1-12-7-8-15(21-13-5-3-2-4-6-13)16(9-12)22-17-10-14(20)18(23(25)26)11-19(17)24(27)28/h2-11,21-22H,1H3. The number of anilines is 4. The van der Waals surface area contributed by atoms with Gasteiger partial charge in [0.15, 0.2) is 0 Å². The Bertz CT molecular complexity index is 1060. The van der Waals surface area contributed by atoms with E-state index in [1.807, 2.05) is 55.5 Å². The number of rotatable bonds is 6. The molecule has 0 amide bonds. The lowest BCUT2D eigenvalue weighted by atomic mass is 10.1. The molecule has 0 bridgehead atoms. The van der Waals surface area contributed by atoms with E-state index in [1.165, 1.54) is 6.07 Å². The van der Waals surface area contributed by atoms with Gasteiger partial charge in [-0.2, -0.15) is 0 Å². The molecule has 9 heteroatoms. The molecular formula is C19H15ClN4O4. The van der Waals surface area contributed by atoms with Crippen molar-refractivity contribution in [1.82, 2.24) is 0 Å². The molecule has 3 aromatic carbocycles. The first-order valence-corrected chi connectivity index (χ1v) is 8.55. The van der Waals surface area contributed by atoms with Crippen molar-refractivity contribution in [2.45, 2.75) is 6.92 Å². The lowest BCUT2D eigenvalue weighted by molar-refractivity contribution is -0.393. The highest BCUT2D eigenvalue weighted by molar-refractivity contribution is 6.33. The van der Waals surface area contributed by atoms with E-state index in [0.29, 0.717) is 11.4 Å². The summed E-state index contributed by atoms with van der Waals surface area (Å²) in [6, 6.07) is 17.0. The van der Waals surface area contributed by atoms with Gasteiger partial charge in [0.05, 0.1) is 27.3 Å². The van der Waals surface area contributed by atoms with Gasteiger partial charge in [0.2, 0.25) is 0 Å². The number of nitro groups is 2. The van der Waals surface area contributed by atoms with E-state index in [0.717, 1.165) is 17.3 Å². The molecule has 0 aliphatic heterocycles. The zero-order chi connectivity index (χ0) is 20.3. The maximum atomic E-state index is 11.4. The van der Waals surface area contributed by atoms with Crippen molar-refractivity contribution in [2.75, 3.05) is 10.6 Å². The van der Waals surface area contributed by atoms with Crippen LogP contribution in [0, 0.1) is 27.2 Å². The largest absolute Gasteiger partial charge is 0.354 e. The Kier molecular flexibility index (Phi) is 5.42. The number of hydrogen-bond acceptors (Lipinski definition) is 6. The van der Waals surface area contributed by atoms with Crippen LogP contribution in [-0.4, -0.2) is 9.85 Å². The molecule has 0 saturated carbocycles. The first kappa shape index (κ1) is 19.1. The van der Waals surface area contributed by atoms with E-state index in [2.05, 4.69) is 10.6 Å². The van der Waals surface area contributed by atoms with Crippen LogP contribution in [0.2, 0.25) is 5.02 Å². The molecule has 142 valence electrons. The molecule has 28 heavy (non-hydrogen) atoms. The highest BCUT2D eigenvalue weighted by Gasteiger charge is 2.24. The topological polar surface area (TPSA) is 110 Å². The maximum Gasteiger partial charge on any atom is 0.299 e. The molecule has 0 heterocycles. The first-order chi connectivity index (χ1) is 13.3. The predicted molar refractivity (Wildman–Crippen MR) is 109 cm³/mol. The molecule has 0 saturated heterocycles. The lowest BCUT2D eigenvalue weighted by Crippen LogP contribution is -2.02. The molecule has 0 aliphatic rings. The molecule has 0 unspecified atom stereocenters. The molecular weight excluding hydrogens is 384 g/mol. The second kappa shape index (κ2) is 7.93. The average molecular weight is 399 g/mol. The second-order valence-electron chi connectivity index (χ2n) is 6.00. The van der Waals surface area contributed by atoms with E-state index in [4.69, 9.17) is 11.6 Å². The second-order valence-corrected chi connectivity index (χ2v) is 6.41. The van der Waals surface area contributed by atoms with Crippen molar-refractivity contribution >= 4 is 45.7 Å². The molecule has 0 aliphatic carbocycles. The van der Waals surface area contributed by atoms with E-state index in [9.17, 15) is 20.2 Å². The van der Waals surface area contributed by atoms with Gasteiger partial charge >= 0.3 is 0 Å². The normalized spacial score (nSPS) is 10.4. The quantitative estimate of drug-likeness (QED) is 0.392. The van der Waals surface area contributed by atoms with Gasteiger partial charge in [-0.1, -0.05) is 35.9 Å². The van der Waals surface area contributed by atoms with Crippen molar-refractivity contribution in [3.63, 3.8) is 0 Å². The Hall–Kier alpha value is -3.65. The summed E-state index contributed by atoms with van der Waals surface area (Å²) in [6.07, 6.45) is 0. The average Bonchev–Trinajstić information content (AvgIpc) is 2.64. The number of benzene rings is 3. The SMILES string of the molecule is Cc1ccc(Nc2ccccc2)c(Nc2cc(Cl)c([N+](=O)[O-])cc2[N+](=O)[O-])c1. The van der Waals surface area contributed by atoms with Crippen molar-refractivity contribution in [3.8, 4) is 0 Å². The van der Waals surface area contributed by atoms with Crippen LogP contribution in [0.3, 0.4) is 0 Å². The number of nitrogens with zero attached hydrogens (tertiary/aromatic N) is 2. The zero-order valence-electron chi connectivity index (χ0n) is 14.7. The lowest BCUT2D eigenvalue weighted by Gasteiger charge is -2.15. The van der Waals surface area contributed by atoms with Gasteiger partial charge in [-0.25, -0.2) is 0 Å². The predicted octanol–water partition coefficient (Wildman–Crippen LogP) is 5.95. The third-order valence-electron chi connectivity index (χ3n) is 3.96. The molecule has 0 fully saturated rings. The number of para-hydroxylation sites is 1.